The number of benzene rings is 1. The number of fused-ring (bicyclic) bond motifs is 1. The molecule has 0 aliphatic carbocycles. The molecular formula is C13H17NO3. The second kappa shape index (κ2) is 4.65. The van der Waals surface area contributed by atoms with Crippen LogP contribution in [0.25, 0.3) is 0 Å². The summed E-state index contributed by atoms with van der Waals surface area (Å²) in [6, 6.07) is 3.42. The first kappa shape index (κ1) is 11.8. The highest BCUT2D eigenvalue weighted by molar-refractivity contribution is 5.89. The molecule has 0 aromatic heterocycles. The van der Waals surface area contributed by atoms with Gasteiger partial charge in [0.1, 0.15) is 5.75 Å². The summed E-state index contributed by atoms with van der Waals surface area (Å²) in [6.07, 6.45) is 1.49. The molecule has 2 rings (SSSR count). The molecule has 1 aromatic rings. The second-order valence-electron chi connectivity index (χ2n) is 4.16. The van der Waals surface area contributed by atoms with Crippen LogP contribution in [0, 0.1) is 6.92 Å². The zero-order chi connectivity index (χ0) is 12.4. The fourth-order valence-corrected chi connectivity index (χ4v) is 2.22. The van der Waals surface area contributed by atoms with Gasteiger partial charge in [0, 0.05) is 6.54 Å². The van der Waals surface area contributed by atoms with E-state index in [1.165, 1.54) is 0 Å². The zero-order valence-electron chi connectivity index (χ0n) is 10.2. The Hall–Kier alpha value is -1.71. The Morgan fingerprint density at radius 2 is 2.29 bits per heavy atom. The third-order valence-corrected chi connectivity index (χ3v) is 3.13. The van der Waals surface area contributed by atoms with Crippen LogP contribution in [-0.4, -0.2) is 24.4 Å². The van der Waals surface area contributed by atoms with E-state index < -0.39 is 0 Å². The molecule has 4 nitrogen and oxygen atoms in total. The van der Waals surface area contributed by atoms with Gasteiger partial charge in [-0.1, -0.05) is 0 Å². The van der Waals surface area contributed by atoms with Gasteiger partial charge in [-0.25, -0.2) is 4.79 Å². The SMILES string of the molecule is CCOC(=O)N1CCCc2c1ccc(O)c2C. The van der Waals surface area contributed by atoms with E-state index >= 15 is 0 Å². The Bertz CT molecular complexity index is 443. The maximum absolute atomic E-state index is 11.8. The number of rotatable bonds is 1. The van der Waals surface area contributed by atoms with Gasteiger partial charge in [0.15, 0.2) is 0 Å². The predicted octanol–water partition coefficient (Wildman–Crippen LogP) is 2.61. The minimum Gasteiger partial charge on any atom is -0.508 e. The third-order valence-electron chi connectivity index (χ3n) is 3.13. The predicted molar refractivity (Wildman–Crippen MR) is 65.5 cm³/mol. The minimum atomic E-state index is -0.307. The van der Waals surface area contributed by atoms with Crippen LogP contribution in [0.3, 0.4) is 0 Å². The molecule has 0 radical (unpaired) electrons. The van der Waals surface area contributed by atoms with E-state index in [0.29, 0.717) is 13.2 Å². The molecule has 0 unspecified atom stereocenters. The third kappa shape index (κ3) is 2.07. The van der Waals surface area contributed by atoms with Crippen LogP contribution >= 0.6 is 0 Å². The van der Waals surface area contributed by atoms with Crippen LogP contribution in [-0.2, 0) is 11.2 Å². The van der Waals surface area contributed by atoms with Crippen LogP contribution < -0.4 is 4.90 Å². The molecule has 0 saturated carbocycles. The normalized spacial score (nSPS) is 14.4. The van der Waals surface area contributed by atoms with Gasteiger partial charge in [-0.3, -0.25) is 4.90 Å². The van der Waals surface area contributed by atoms with Gasteiger partial charge >= 0.3 is 6.09 Å². The summed E-state index contributed by atoms with van der Waals surface area (Å²) in [6.45, 7) is 4.73. The molecule has 0 saturated heterocycles. The molecule has 0 bridgehead atoms. The molecular weight excluding hydrogens is 218 g/mol. The van der Waals surface area contributed by atoms with Crippen LogP contribution in [0.1, 0.15) is 24.5 Å². The van der Waals surface area contributed by atoms with Gasteiger partial charge in [0.2, 0.25) is 0 Å². The number of aromatic hydroxyl groups is 1. The van der Waals surface area contributed by atoms with Crippen LogP contribution in [0.15, 0.2) is 12.1 Å². The molecule has 0 fully saturated rings. The number of amides is 1. The number of anilines is 1. The lowest BCUT2D eigenvalue weighted by Crippen LogP contribution is -2.36. The first-order valence-electron chi connectivity index (χ1n) is 5.91. The molecule has 1 aromatic carbocycles. The Kier molecular flexibility index (Phi) is 3.22. The van der Waals surface area contributed by atoms with Crippen molar-refractivity contribution in [1.82, 2.24) is 0 Å². The molecule has 1 heterocycles. The Morgan fingerprint density at radius 3 is 3.00 bits per heavy atom. The summed E-state index contributed by atoms with van der Waals surface area (Å²) < 4.78 is 5.03. The standard InChI is InChI=1S/C13H17NO3/c1-3-17-13(16)14-8-4-5-10-9(2)12(15)7-6-11(10)14/h6-7,15H,3-5,8H2,1-2H3. The Balaban J connectivity index is 2.38. The van der Waals surface area contributed by atoms with Gasteiger partial charge < -0.3 is 9.84 Å². The molecule has 0 spiro atoms. The topological polar surface area (TPSA) is 49.8 Å². The lowest BCUT2D eigenvalue weighted by molar-refractivity contribution is 0.159. The molecule has 4 heteroatoms. The highest BCUT2D eigenvalue weighted by atomic mass is 16.6. The Labute approximate surface area is 101 Å². The molecule has 1 amide bonds. The van der Waals surface area contributed by atoms with Crippen molar-refractivity contribution < 1.29 is 14.6 Å². The van der Waals surface area contributed by atoms with Gasteiger partial charge in [0.25, 0.3) is 0 Å². The van der Waals surface area contributed by atoms with Crippen molar-refractivity contribution in [2.24, 2.45) is 0 Å². The van der Waals surface area contributed by atoms with Gasteiger partial charge in [0.05, 0.1) is 12.3 Å². The summed E-state index contributed by atoms with van der Waals surface area (Å²) in [4.78, 5) is 13.4. The van der Waals surface area contributed by atoms with Crippen LogP contribution in [0.5, 0.6) is 5.75 Å². The van der Waals surface area contributed by atoms with Crippen molar-refractivity contribution in [1.29, 1.82) is 0 Å². The number of phenolic OH excluding ortho intramolecular Hbond substituents is 1. The Morgan fingerprint density at radius 1 is 1.53 bits per heavy atom. The van der Waals surface area contributed by atoms with Crippen molar-refractivity contribution in [2.75, 3.05) is 18.1 Å². The first-order chi connectivity index (χ1) is 8.15. The average molecular weight is 235 g/mol. The number of hydrogen-bond acceptors (Lipinski definition) is 3. The zero-order valence-corrected chi connectivity index (χ0v) is 10.2. The number of nitrogens with zero attached hydrogens (tertiary/aromatic N) is 1. The average Bonchev–Trinajstić information content (AvgIpc) is 2.33. The fourth-order valence-electron chi connectivity index (χ4n) is 2.22. The van der Waals surface area contributed by atoms with E-state index in [1.807, 2.05) is 6.92 Å². The smallest absolute Gasteiger partial charge is 0.414 e. The monoisotopic (exact) mass is 235 g/mol. The molecule has 17 heavy (non-hydrogen) atoms. The fraction of sp³-hybridized carbons (Fsp3) is 0.462. The first-order valence-corrected chi connectivity index (χ1v) is 5.91. The number of hydrogen-bond donors (Lipinski definition) is 1. The van der Waals surface area contributed by atoms with Crippen molar-refractivity contribution in [3.8, 4) is 5.75 Å². The van der Waals surface area contributed by atoms with E-state index in [4.69, 9.17) is 4.74 Å². The van der Waals surface area contributed by atoms with Crippen molar-refractivity contribution in [3.05, 3.63) is 23.3 Å². The van der Waals surface area contributed by atoms with Crippen LogP contribution in [0.2, 0.25) is 0 Å². The van der Waals surface area contributed by atoms with E-state index in [2.05, 4.69) is 0 Å². The highest BCUT2D eigenvalue weighted by Gasteiger charge is 2.25. The number of phenols is 1. The van der Waals surface area contributed by atoms with Crippen molar-refractivity contribution in [3.63, 3.8) is 0 Å². The maximum atomic E-state index is 11.8. The van der Waals surface area contributed by atoms with Gasteiger partial charge in [-0.05, 0) is 49.9 Å². The van der Waals surface area contributed by atoms with E-state index in [9.17, 15) is 9.90 Å². The number of ether oxygens (including phenoxy) is 1. The lowest BCUT2D eigenvalue weighted by atomic mass is 9.96. The van der Waals surface area contributed by atoms with Crippen LogP contribution in [0.4, 0.5) is 10.5 Å². The molecule has 1 aliphatic heterocycles. The molecule has 1 N–H and O–H groups in total. The summed E-state index contributed by atoms with van der Waals surface area (Å²) in [5.74, 6) is 0.287. The maximum Gasteiger partial charge on any atom is 0.414 e. The molecule has 0 atom stereocenters. The van der Waals surface area contributed by atoms with Crippen molar-refractivity contribution >= 4 is 11.8 Å². The summed E-state index contributed by atoms with van der Waals surface area (Å²) in [7, 11) is 0. The lowest BCUT2D eigenvalue weighted by Gasteiger charge is -2.29. The summed E-state index contributed by atoms with van der Waals surface area (Å²) in [5, 5.41) is 9.67. The quantitative estimate of drug-likeness (QED) is 0.814. The second-order valence-corrected chi connectivity index (χ2v) is 4.16. The summed E-state index contributed by atoms with van der Waals surface area (Å²) in [5.41, 5.74) is 2.77. The number of carbonyl (C=O) groups excluding carboxylic acids is 1. The van der Waals surface area contributed by atoms with Crippen molar-refractivity contribution in [2.45, 2.75) is 26.7 Å². The van der Waals surface area contributed by atoms with E-state index in [0.717, 1.165) is 29.7 Å². The van der Waals surface area contributed by atoms with Gasteiger partial charge in [-0.15, -0.1) is 0 Å². The highest BCUT2D eigenvalue weighted by Crippen LogP contribution is 2.34. The minimum absolute atomic E-state index is 0.287. The molecule has 1 aliphatic rings. The number of carbonyl (C=O) groups is 1. The largest absolute Gasteiger partial charge is 0.508 e. The van der Waals surface area contributed by atoms with Gasteiger partial charge in [-0.2, -0.15) is 0 Å². The summed E-state index contributed by atoms with van der Waals surface area (Å²) >= 11 is 0. The van der Waals surface area contributed by atoms with E-state index in [1.54, 1.807) is 24.0 Å². The van der Waals surface area contributed by atoms with E-state index in [-0.39, 0.29) is 11.8 Å². The molecule has 92 valence electrons.